The van der Waals surface area contributed by atoms with Gasteiger partial charge in [-0.2, -0.15) is 0 Å². The van der Waals surface area contributed by atoms with E-state index in [2.05, 4.69) is 20.4 Å². The van der Waals surface area contributed by atoms with Crippen LogP contribution in [-0.4, -0.2) is 38.6 Å². The summed E-state index contributed by atoms with van der Waals surface area (Å²) in [6.45, 7) is 4.57. The van der Waals surface area contributed by atoms with Gasteiger partial charge in [0, 0.05) is 60.4 Å². The van der Waals surface area contributed by atoms with Crippen molar-refractivity contribution in [2.24, 2.45) is 5.92 Å². The molecule has 0 aliphatic carbocycles. The highest BCUT2D eigenvalue weighted by molar-refractivity contribution is 7.09. The Labute approximate surface area is 177 Å². The summed E-state index contributed by atoms with van der Waals surface area (Å²) in [5, 5.41) is 6.82. The second-order valence-electron chi connectivity index (χ2n) is 8.11. The van der Waals surface area contributed by atoms with Crippen molar-refractivity contribution in [2.45, 2.75) is 38.4 Å². The number of aryl methyl sites for hydroxylation is 1. The molecule has 0 spiro atoms. The first-order valence-corrected chi connectivity index (χ1v) is 11.0. The molecule has 3 aromatic heterocycles. The summed E-state index contributed by atoms with van der Waals surface area (Å²) in [5.41, 5.74) is 3.45. The lowest BCUT2D eigenvalue weighted by atomic mass is 9.78. The van der Waals surface area contributed by atoms with Crippen molar-refractivity contribution in [3.05, 3.63) is 68.4 Å². The van der Waals surface area contributed by atoms with Gasteiger partial charge in [0.1, 0.15) is 6.04 Å². The van der Waals surface area contributed by atoms with Crippen LogP contribution in [0.1, 0.15) is 40.4 Å². The Morgan fingerprint density at radius 2 is 2.27 bits per heavy atom. The average Bonchev–Trinajstić information content (AvgIpc) is 3.39. The molecule has 3 aromatic rings. The molecule has 8 nitrogen and oxygen atoms in total. The second-order valence-corrected chi connectivity index (χ2v) is 9.08. The third-order valence-corrected chi connectivity index (χ3v) is 6.73. The molecule has 156 valence electrons. The molecule has 9 heteroatoms. The molecular formula is C21H23N5O3S. The fraction of sp³-hybridized carbons (Fsp3) is 0.429. The first-order chi connectivity index (χ1) is 14.6. The van der Waals surface area contributed by atoms with Crippen molar-refractivity contribution < 1.29 is 9.32 Å². The van der Waals surface area contributed by atoms with Gasteiger partial charge >= 0.3 is 0 Å². The molecule has 1 N–H and O–H groups in total. The van der Waals surface area contributed by atoms with E-state index in [0.29, 0.717) is 5.76 Å². The van der Waals surface area contributed by atoms with E-state index in [4.69, 9.17) is 4.52 Å². The van der Waals surface area contributed by atoms with Crippen molar-refractivity contribution in [3.63, 3.8) is 0 Å². The van der Waals surface area contributed by atoms with Gasteiger partial charge in [0.15, 0.2) is 5.76 Å². The van der Waals surface area contributed by atoms with Crippen LogP contribution in [0, 0.1) is 12.8 Å². The normalized spacial score (nSPS) is 23.2. The number of pyridine rings is 1. The van der Waals surface area contributed by atoms with Gasteiger partial charge in [0.2, 0.25) is 5.91 Å². The number of nitrogens with zero attached hydrogens (tertiary/aromatic N) is 4. The predicted molar refractivity (Wildman–Crippen MR) is 111 cm³/mol. The van der Waals surface area contributed by atoms with Crippen LogP contribution in [0.2, 0.25) is 0 Å². The second kappa shape index (κ2) is 7.81. The van der Waals surface area contributed by atoms with Gasteiger partial charge in [-0.15, -0.1) is 11.3 Å². The molecule has 5 heterocycles. The minimum atomic E-state index is -0.529. The number of nitrogens with one attached hydrogen (secondary N) is 1. The Morgan fingerprint density at radius 1 is 1.37 bits per heavy atom. The van der Waals surface area contributed by atoms with Gasteiger partial charge in [-0.3, -0.25) is 24.0 Å². The summed E-state index contributed by atoms with van der Waals surface area (Å²) in [5.74, 6) is 0.764. The molecular weight excluding hydrogens is 402 g/mol. The molecule has 2 bridgehead atoms. The largest absolute Gasteiger partial charge is 0.359 e. The fourth-order valence-electron chi connectivity index (χ4n) is 4.81. The lowest BCUT2D eigenvalue weighted by Gasteiger charge is -2.46. The van der Waals surface area contributed by atoms with Gasteiger partial charge in [-0.25, -0.2) is 0 Å². The van der Waals surface area contributed by atoms with Crippen LogP contribution in [0.4, 0.5) is 0 Å². The van der Waals surface area contributed by atoms with E-state index < -0.39 is 6.04 Å². The predicted octanol–water partition coefficient (Wildman–Crippen LogP) is 2.08. The summed E-state index contributed by atoms with van der Waals surface area (Å²) in [6, 6.07) is 6.59. The number of hydrogen-bond acceptors (Lipinski definition) is 7. The number of hydrogen-bond donors (Lipinski definition) is 1. The lowest BCUT2D eigenvalue weighted by molar-refractivity contribution is -0.128. The monoisotopic (exact) mass is 425 g/mol. The van der Waals surface area contributed by atoms with Crippen LogP contribution in [0.5, 0.6) is 0 Å². The number of amides is 1. The highest BCUT2D eigenvalue weighted by Gasteiger charge is 2.43. The molecule has 0 aromatic carbocycles. The molecule has 0 radical (unpaired) electrons. The number of thiazole rings is 1. The number of aromatic nitrogens is 3. The molecule has 3 atom stereocenters. The lowest BCUT2D eigenvalue weighted by Crippen LogP contribution is -2.53. The van der Waals surface area contributed by atoms with E-state index in [1.807, 2.05) is 24.7 Å². The van der Waals surface area contributed by atoms with Gasteiger partial charge in [0.05, 0.1) is 17.7 Å². The standard InChI is InChI=1S/C21H23N5O3S/c1-13-5-16(29-24-13)7-23-21(28)20-15-6-14(18-3-2-4-19(27)26(18)20)9-25(10-15)11-17-8-22-12-30-17/h2-5,8,12,14-15,20H,6-7,9-11H2,1H3,(H,23,28)/t14-,15+,20-/m1/s1. The van der Waals surface area contributed by atoms with Crippen LogP contribution >= 0.6 is 11.3 Å². The molecule has 1 fully saturated rings. The van der Waals surface area contributed by atoms with Crippen molar-refractivity contribution in [1.29, 1.82) is 0 Å². The van der Waals surface area contributed by atoms with Crippen LogP contribution in [-0.2, 0) is 17.9 Å². The molecule has 2 aliphatic rings. The van der Waals surface area contributed by atoms with Crippen molar-refractivity contribution >= 4 is 17.2 Å². The summed E-state index contributed by atoms with van der Waals surface area (Å²) < 4.78 is 6.92. The number of likely N-dealkylation sites (tertiary alicyclic amines) is 1. The third-order valence-electron chi connectivity index (χ3n) is 5.97. The van der Waals surface area contributed by atoms with E-state index in [1.54, 1.807) is 34.1 Å². The van der Waals surface area contributed by atoms with Gasteiger partial charge in [0.25, 0.3) is 5.56 Å². The zero-order valence-corrected chi connectivity index (χ0v) is 17.5. The molecule has 0 saturated carbocycles. The zero-order valence-electron chi connectivity index (χ0n) is 16.7. The van der Waals surface area contributed by atoms with Crippen LogP contribution in [0.15, 0.2) is 45.3 Å². The first kappa shape index (κ1) is 19.2. The maximum atomic E-state index is 13.3. The number of carbonyl (C=O) groups is 1. The van der Waals surface area contributed by atoms with Gasteiger partial charge in [-0.1, -0.05) is 11.2 Å². The highest BCUT2D eigenvalue weighted by Crippen LogP contribution is 2.41. The Balaban J connectivity index is 1.42. The Bertz CT molecular complexity index is 1110. The summed E-state index contributed by atoms with van der Waals surface area (Å²) >= 11 is 1.64. The highest BCUT2D eigenvalue weighted by atomic mass is 32.1. The van der Waals surface area contributed by atoms with Gasteiger partial charge < -0.3 is 9.84 Å². The smallest absolute Gasteiger partial charge is 0.251 e. The summed E-state index contributed by atoms with van der Waals surface area (Å²) in [4.78, 5) is 33.8. The van der Waals surface area contributed by atoms with E-state index in [9.17, 15) is 9.59 Å². The fourth-order valence-corrected chi connectivity index (χ4v) is 5.45. The molecule has 0 unspecified atom stereocenters. The summed E-state index contributed by atoms with van der Waals surface area (Å²) in [6.07, 6.45) is 2.80. The first-order valence-electron chi connectivity index (χ1n) is 10.1. The van der Waals surface area contributed by atoms with Crippen LogP contribution in [0.3, 0.4) is 0 Å². The molecule has 1 saturated heterocycles. The molecule has 5 rings (SSSR count). The quantitative estimate of drug-likeness (QED) is 0.673. The summed E-state index contributed by atoms with van der Waals surface area (Å²) in [7, 11) is 0. The minimum Gasteiger partial charge on any atom is -0.359 e. The van der Waals surface area contributed by atoms with E-state index in [-0.39, 0.29) is 29.8 Å². The van der Waals surface area contributed by atoms with E-state index >= 15 is 0 Å². The number of rotatable bonds is 5. The SMILES string of the molecule is Cc1cc(CNC(=O)[C@H]2[C@H]3C[C@H](CN(Cc4cncs4)C3)c3cccc(=O)n32)on1. The van der Waals surface area contributed by atoms with Crippen molar-refractivity contribution in [1.82, 2.24) is 24.9 Å². The minimum absolute atomic E-state index is 0.0701. The molecule has 2 aliphatic heterocycles. The zero-order chi connectivity index (χ0) is 20.7. The number of piperidine rings is 1. The number of carbonyl (C=O) groups excluding carboxylic acids is 1. The van der Waals surface area contributed by atoms with E-state index in [0.717, 1.165) is 37.4 Å². The molecule has 30 heavy (non-hydrogen) atoms. The van der Waals surface area contributed by atoms with Crippen molar-refractivity contribution in [3.8, 4) is 0 Å². The Hall–Kier alpha value is -2.78. The van der Waals surface area contributed by atoms with Crippen molar-refractivity contribution in [2.75, 3.05) is 13.1 Å². The topological polar surface area (TPSA) is 93.3 Å². The Morgan fingerprint density at radius 3 is 3.03 bits per heavy atom. The third kappa shape index (κ3) is 3.59. The van der Waals surface area contributed by atoms with Gasteiger partial charge in [-0.05, 0) is 19.4 Å². The maximum absolute atomic E-state index is 13.3. The number of fused-ring (bicyclic) bond motifs is 4. The van der Waals surface area contributed by atoms with Crippen LogP contribution < -0.4 is 10.9 Å². The average molecular weight is 426 g/mol. The molecule has 1 amide bonds. The Kier molecular flexibility index (Phi) is 5.00. The van der Waals surface area contributed by atoms with E-state index in [1.165, 1.54) is 4.88 Å². The maximum Gasteiger partial charge on any atom is 0.251 e. The van der Waals surface area contributed by atoms with Crippen LogP contribution in [0.25, 0.3) is 0 Å².